The van der Waals surface area contributed by atoms with Crippen LogP contribution in [0.1, 0.15) is 142 Å². The maximum Gasteiger partial charge on any atom is 0.475 e. The molecule has 0 spiro atoms. The lowest BCUT2D eigenvalue weighted by atomic mass is 10.2. The van der Waals surface area contributed by atoms with E-state index in [0.717, 1.165) is 44.9 Å². The Morgan fingerprint density at radius 1 is 0.561 bits per heavy atom. The van der Waals surface area contributed by atoms with E-state index >= 15 is 0 Å². The quantitative estimate of drug-likeness (QED) is 0.0165. The summed E-state index contributed by atoms with van der Waals surface area (Å²) in [6, 6.07) is 0. The predicted molar refractivity (Wildman–Crippen MR) is 237 cm³/mol. The third-order valence-corrected chi connectivity index (χ3v) is 9.34. The van der Waals surface area contributed by atoms with Crippen LogP contribution >= 0.6 is 7.82 Å². The summed E-state index contributed by atoms with van der Waals surface area (Å²) in [7, 11) is 1.16. The molecule has 0 aliphatic rings. The van der Waals surface area contributed by atoms with E-state index in [4.69, 9.17) is 18.5 Å². The van der Waals surface area contributed by atoms with E-state index in [1.165, 1.54) is 44.9 Å². The Bertz CT molecular complexity index is 1290. The molecule has 0 aromatic heterocycles. The van der Waals surface area contributed by atoms with E-state index in [9.17, 15) is 19.0 Å². The Hall–Kier alpha value is -3.07. The van der Waals surface area contributed by atoms with Crippen molar-refractivity contribution < 1.29 is 42.1 Å². The third kappa shape index (κ3) is 42.4. The number of likely N-dealkylation sites (N-methyl/N-ethyl adjacent to an activating group) is 1. The number of phosphoric ester groups is 1. The van der Waals surface area contributed by atoms with E-state index in [2.05, 4.69) is 98.9 Å². The summed E-state index contributed by atoms with van der Waals surface area (Å²) in [5.41, 5.74) is 0. The van der Waals surface area contributed by atoms with E-state index in [0.29, 0.717) is 36.7 Å². The summed E-state index contributed by atoms with van der Waals surface area (Å²) >= 11 is 0. The minimum Gasteiger partial charge on any atom is -0.459 e. The first kappa shape index (κ1) is 53.9. The first-order chi connectivity index (χ1) is 27.5. The molecule has 0 saturated carbocycles. The van der Waals surface area contributed by atoms with Crippen LogP contribution in [0.2, 0.25) is 0 Å². The Kier molecular flexibility index (Phi) is 36.4. The molecule has 1 N–H and O–H groups in total. The molecule has 57 heavy (non-hydrogen) atoms. The first-order valence-electron chi connectivity index (χ1n) is 21.5. The van der Waals surface area contributed by atoms with Crippen LogP contribution in [-0.4, -0.2) is 68.5 Å². The average molecular weight is 817 g/mol. The van der Waals surface area contributed by atoms with Crippen LogP contribution in [0.15, 0.2) is 97.2 Å². The van der Waals surface area contributed by atoms with Gasteiger partial charge >= 0.3 is 19.8 Å². The van der Waals surface area contributed by atoms with Crippen molar-refractivity contribution in [3.63, 3.8) is 0 Å². The molecule has 0 aliphatic heterocycles. The molecule has 0 heterocycles. The summed E-state index contributed by atoms with van der Waals surface area (Å²) in [5.74, 6) is -1.14. The van der Waals surface area contributed by atoms with E-state index in [1.54, 1.807) is 0 Å². The summed E-state index contributed by atoms with van der Waals surface area (Å²) in [5, 5.41) is 0. The van der Waals surface area contributed by atoms with E-state index < -0.39 is 32.7 Å². The molecule has 0 fully saturated rings. The zero-order valence-corrected chi connectivity index (χ0v) is 37.2. The summed E-state index contributed by atoms with van der Waals surface area (Å²) < 4.78 is 34.0. The highest BCUT2D eigenvalue weighted by molar-refractivity contribution is 7.47. The van der Waals surface area contributed by atoms with Crippen molar-refractivity contribution in [2.24, 2.45) is 0 Å². The van der Waals surface area contributed by atoms with Gasteiger partial charge < -0.3 is 18.9 Å². The molecule has 0 amide bonds. The smallest absolute Gasteiger partial charge is 0.459 e. The van der Waals surface area contributed by atoms with E-state index in [1.807, 2.05) is 33.3 Å². The molecule has 0 rings (SSSR count). The molecule has 0 bridgehead atoms. The number of carbonyl (C=O) groups is 2. The molecule has 9 nitrogen and oxygen atoms in total. The number of phosphoric acid groups is 1. The van der Waals surface area contributed by atoms with Crippen molar-refractivity contribution >= 4 is 19.8 Å². The van der Waals surface area contributed by atoms with Gasteiger partial charge in [-0.1, -0.05) is 137 Å². The zero-order valence-electron chi connectivity index (χ0n) is 36.3. The first-order valence-corrected chi connectivity index (χ1v) is 23.0. The van der Waals surface area contributed by atoms with Gasteiger partial charge in [-0.3, -0.25) is 14.1 Å². The lowest BCUT2D eigenvalue weighted by Gasteiger charge is -2.25. The molecule has 2 atom stereocenters. The maximum absolute atomic E-state index is 12.6. The Morgan fingerprint density at radius 3 is 1.32 bits per heavy atom. The highest BCUT2D eigenvalue weighted by Crippen LogP contribution is 2.44. The van der Waals surface area contributed by atoms with Gasteiger partial charge in [0.05, 0.1) is 21.1 Å². The van der Waals surface area contributed by atoms with Crippen LogP contribution in [0.25, 0.3) is 0 Å². The monoisotopic (exact) mass is 817 g/mol. The maximum atomic E-state index is 12.6. The largest absolute Gasteiger partial charge is 0.475 e. The molecule has 0 aliphatic carbocycles. The van der Waals surface area contributed by atoms with Gasteiger partial charge in [-0.25, -0.2) is 9.09 Å². The summed E-state index contributed by atoms with van der Waals surface area (Å²) in [6.07, 6.45) is 50.8. The lowest BCUT2D eigenvalue weighted by Crippen LogP contribution is -2.37. The molecule has 1 unspecified atom stereocenters. The van der Waals surface area contributed by atoms with Crippen LogP contribution in [0.3, 0.4) is 0 Å². The fourth-order valence-corrected chi connectivity index (χ4v) is 5.76. The molecular formula is C47H79NO8P+. The highest BCUT2D eigenvalue weighted by Gasteiger charge is 2.31. The number of quaternary nitrogens is 1. The number of allylic oxidation sites excluding steroid dienone is 16. The van der Waals surface area contributed by atoms with Crippen LogP contribution in [0, 0.1) is 0 Å². The van der Waals surface area contributed by atoms with Gasteiger partial charge in [-0.05, 0) is 89.9 Å². The second kappa shape index (κ2) is 38.4. The second-order valence-corrected chi connectivity index (χ2v) is 16.4. The number of hydrogen-bond donors (Lipinski definition) is 1. The van der Waals surface area contributed by atoms with Crippen molar-refractivity contribution in [2.75, 3.05) is 40.9 Å². The Labute approximate surface area is 347 Å². The fraction of sp³-hybridized carbons (Fsp3) is 0.617. The van der Waals surface area contributed by atoms with Crippen molar-refractivity contribution in [3.05, 3.63) is 97.2 Å². The van der Waals surface area contributed by atoms with Gasteiger partial charge in [0.15, 0.2) is 6.61 Å². The molecule has 324 valence electrons. The van der Waals surface area contributed by atoms with Crippen LogP contribution in [0.5, 0.6) is 0 Å². The number of ether oxygens (including phenoxy) is 2. The second-order valence-electron chi connectivity index (χ2n) is 15.0. The van der Waals surface area contributed by atoms with Gasteiger partial charge in [0.2, 0.25) is 6.29 Å². The number of nitrogens with zero attached hydrogens (tertiary/aromatic N) is 1. The fourth-order valence-electron chi connectivity index (χ4n) is 4.98. The van der Waals surface area contributed by atoms with Gasteiger partial charge in [0, 0.05) is 12.8 Å². The van der Waals surface area contributed by atoms with Gasteiger partial charge in [0.1, 0.15) is 13.2 Å². The SMILES string of the molecule is CCCCC/C=C\C/C=C\C/C=C\C/C=C\CCCC(=O)OC[C@@H](OC(=O)CCC/C=C\C/C=C\C/C=C\C/C=C\CCCCC)OP(=O)(O)OCC[N+](C)(C)C. The Morgan fingerprint density at radius 2 is 0.930 bits per heavy atom. The minimum absolute atomic E-state index is 0.0513. The number of rotatable bonds is 37. The summed E-state index contributed by atoms with van der Waals surface area (Å²) in [4.78, 5) is 35.3. The number of carbonyl (C=O) groups excluding carboxylic acids is 2. The van der Waals surface area contributed by atoms with Crippen molar-refractivity contribution in [3.8, 4) is 0 Å². The molecule has 0 aromatic carbocycles. The zero-order chi connectivity index (χ0) is 42.1. The van der Waals surface area contributed by atoms with Gasteiger partial charge in [0.25, 0.3) is 0 Å². The lowest BCUT2D eigenvalue weighted by molar-refractivity contribution is -0.870. The topological polar surface area (TPSA) is 108 Å². The molecular weight excluding hydrogens is 737 g/mol. The number of esters is 2. The predicted octanol–water partition coefficient (Wildman–Crippen LogP) is 12.5. The third-order valence-electron chi connectivity index (χ3n) is 8.33. The standard InChI is InChI=1S/C47H78NO8P/c1-6-8-10-12-14-16-18-20-22-24-26-28-30-32-34-36-38-40-45(49)53-44-47(56-57(51,52)54-43-42-48(3,4)5)55-46(50)41-39-37-35-33-31-29-27-25-23-21-19-17-15-13-11-9-7-2/h14-17,20-23,26-29,32-35,47H,6-13,18-19,24-25,30-31,36-44H2,1-5H3/p+1/b16-14-,17-15-,22-20-,23-21-,28-26-,29-27-,34-32-,35-33-/t47-/m0/s1. The number of unbranched alkanes of at least 4 members (excludes halogenated alkanes) is 8. The van der Waals surface area contributed by atoms with Crippen LogP contribution in [-0.2, 0) is 32.7 Å². The van der Waals surface area contributed by atoms with Crippen molar-refractivity contribution in [1.82, 2.24) is 0 Å². The minimum atomic E-state index is -4.60. The van der Waals surface area contributed by atoms with Crippen molar-refractivity contribution in [1.29, 1.82) is 0 Å². The highest BCUT2D eigenvalue weighted by atomic mass is 31.2. The molecule has 0 radical (unpaired) electrons. The van der Waals surface area contributed by atoms with Gasteiger partial charge in [-0.2, -0.15) is 0 Å². The van der Waals surface area contributed by atoms with Crippen molar-refractivity contribution in [2.45, 2.75) is 149 Å². The summed E-state index contributed by atoms with van der Waals surface area (Å²) in [6.45, 7) is 4.32. The Balaban J connectivity index is 4.56. The van der Waals surface area contributed by atoms with E-state index in [-0.39, 0.29) is 19.4 Å². The number of hydrogen-bond acceptors (Lipinski definition) is 7. The molecule has 10 heteroatoms. The normalized spacial score (nSPS) is 14.6. The molecule has 0 aromatic rings. The van der Waals surface area contributed by atoms with Crippen LogP contribution in [0.4, 0.5) is 0 Å². The van der Waals surface area contributed by atoms with Crippen LogP contribution < -0.4 is 0 Å². The average Bonchev–Trinajstić information content (AvgIpc) is 3.15. The molecule has 0 saturated heterocycles. The van der Waals surface area contributed by atoms with Gasteiger partial charge in [-0.15, -0.1) is 0 Å².